The summed E-state index contributed by atoms with van der Waals surface area (Å²) < 4.78 is 5.63. The van der Waals surface area contributed by atoms with Crippen molar-refractivity contribution in [2.75, 3.05) is 27.3 Å². The van der Waals surface area contributed by atoms with Gasteiger partial charge >= 0.3 is 0 Å². The summed E-state index contributed by atoms with van der Waals surface area (Å²) in [6, 6.07) is 4.47. The molecule has 3 nitrogen and oxygen atoms in total. The number of pyridine rings is 1. The van der Waals surface area contributed by atoms with E-state index >= 15 is 0 Å². The zero-order chi connectivity index (χ0) is 13.8. The highest BCUT2D eigenvalue weighted by Gasteiger charge is 2.20. The fourth-order valence-corrected chi connectivity index (χ4v) is 2.63. The minimum atomic E-state index is 0.484. The van der Waals surface area contributed by atoms with Gasteiger partial charge in [-0.1, -0.05) is 19.9 Å². The van der Waals surface area contributed by atoms with Crippen molar-refractivity contribution < 1.29 is 4.74 Å². The van der Waals surface area contributed by atoms with E-state index in [-0.39, 0.29) is 0 Å². The molecule has 2 rings (SSSR count). The lowest BCUT2D eigenvalue weighted by Gasteiger charge is -2.25. The van der Waals surface area contributed by atoms with Gasteiger partial charge in [-0.25, -0.2) is 0 Å². The number of nitrogens with zero attached hydrogens (tertiary/aromatic N) is 2. The molecule has 19 heavy (non-hydrogen) atoms. The third kappa shape index (κ3) is 3.77. The molecule has 0 aromatic carbocycles. The van der Waals surface area contributed by atoms with Gasteiger partial charge in [0.15, 0.2) is 0 Å². The van der Waals surface area contributed by atoms with Crippen LogP contribution in [0.1, 0.15) is 55.5 Å². The monoisotopic (exact) mass is 262 g/mol. The number of rotatable bonds is 4. The maximum atomic E-state index is 5.63. The second-order valence-corrected chi connectivity index (χ2v) is 6.08. The Labute approximate surface area is 117 Å². The molecule has 1 aliphatic rings. The number of hydrogen-bond donors (Lipinski definition) is 0. The molecule has 1 aliphatic heterocycles. The molecule has 1 saturated heterocycles. The van der Waals surface area contributed by atoms with Gasteiger partial charge in [0.2, 0.25) is 0 Å². The van der Waals surface area contributed by atoms with Crippen molar-refractivity contribution in [3.8, 4) is 0 Å². The molecule has 0 N–H and O–H groups in total. The molecule has 106 valence electrons. The summed E-state index contributed by atoms with van der Waals surface area (Å²) >= 11 is 0. The van der Waals surface area contributed by atoms with Gasteiger partial charge < -0.3 is 9.64 Å². The molecule has 0 amide bonds. The predicted octanol–water partition coefficient (Wildman–Crippen LogP) is 3.16. The molecule has 1 atom stereocenters. The van der Waals surface area contributed by atoms with E-state index in [1.165, 1.54) is 23.4 Å². The minimum Gasteiger partial charge on any atom is -0.381 e. The first-order valence-electron chi connectivity index (χ1n) is 7.30. The molecule has 0 saturated carbocycles. The van der Waals surface area contributed by atoms with E-state index in [4.69, 9.17) is 9.72 Å². The zero-order valence-electron chi connectivity index (χ0n) is 12.6. The predicted molar refractivity (Wildman–Crippen MR) is 78.5 cm³/mol. The van der Waals surface area contributed by atoms with Crippen molar-refractivity contribution in [1.29, 1.82) is 0 Å². The van der Waals surface area contributed by atoms with Gasteiger partial charge in [0.25, 0.3) is 0 Å². The maximum Gasteiger partial charge on any atom is 0.0582 e. The van der Waals surface area contributed by atoms with Crippen molar-refractivity contribution in [3.63, 3.8) is 0 Å². The number of aromatic nitrogens is 1. The van der Waals surface area contributed by atoms with E-state index in [1.807, 2.05) is 0 Å². The van der Waals surface area contributed by atoms with Gasteiger partial charge in [-0.2, -0.15) is 0 Å². The molecule has 2 heterocycles. The van der Waals surface area contributed by atoms with Crippen LogP contribution in [0.25, 0.3) is 0 Å². The second-order valence-electron chi connectivity index (χ2n) is 6.08. The fourth-order valence-electron chi connectivity index (χ4n) is 2.63. The fraction of sp³-hybridized carbons (Fsp3) is 0.688. The summed E-state index contributed by atoms with van der Waals surface area (Å²) in [6.07, 6.45) is 2.39. The van der Waals surface area contributed by atoms with Crippen LogP contribution < -0.4 is 0 Å². The normalized spacial score (nSPS) is 20.2. The van der Waals surface area contributed by atoms with E-state index in [2.05, 4.69) is 45.0 Å². The average molecular weight is 262 g/mol. The second kappa shape index (κ2) is 6.49. The van der Waals surface area contributed by atoms with Crippen LogP contribution in [0.3, 0.4) is 0 Å². The van der Waals surface area contributed by atoms with Gasteiger partial charge in [0.05, 0.1) is 12.3 Å². The topological polar surface area (TPSA) is 25.4 Å². The Kier molecular flexibility index (Phi) is 4.94. The molecule has 1 fully saturated rings. The van der Waals surface area contributed by atoms with Crippen LogP contribution in [0.4, 0.5) is 0 Å². The quantitative estimate of drug-likeness (QED) is 0.833. The molecule has 1 aromatic heterocycles. The Morgan fingerprint density at radius 2 is 2.16 bits per heavy atom. The van der Waals surface area contributed by atoms with Gasteiger partial charge in [0, 0.05) is 24.8 Å². The van der Waals surface area contributed by atoms with E-state index in [0.29, 0.717) is 11.8 Å². The first-order chi connectivity index (χ1) is 9.08. The summed E-state index contributed by atoms with van der Waals surface area (Å²) in [5.41, 5.74) is 3.81. The van der Waals surface area contributed by atoms with Crippen molar-refractivity contribution >= 4 is 0 Å². The Morgan fingerprint density at radius 1 is 1.37 bits per heavy atom. The highest BCUT2D eigenvalue weighted by Crippen LogP contribution is 2.29. The highest BCUT2D eigenvalue weighted by molar-refractivity contribution is 5.28. The van der Waals surface area contributed by atoms with E-state index in [9.17, 15) is 0 Å². The molecule has 3 heteroatoms. The van der Waals surface area contributed by atoms with Gasteiger partial charge in [-0.05, 0) is 44.5 Å². The van der Waals surface area contributed by atoms with Crippen LogP contribution in [-0.2, 0) is 11.3 Å². The molecule has 0 bridgehead atoms. The van der Waals surface area contributed by atoms with Gasteiger partial charge in [-0.15, -0.1) is 0 Å². The van der Waals surface area contributed by atoms with Crippen LogP contribution in [0.15, 0.2) is 12.1 Å². The Bertz CT molecular complexity index is 409. The van der Waals surface area contributed by atoms with Gasteiger partial charge in [-0.3, -0.25) is 4.98 Å². The summed E-state index contributed by atoms with van der Waals surface area (Å²) in [6.45, 7) is 7.07. The Balaban J connectivity index is 2.29. The van der Waals surface area contributed by atoms with Gasteiger partial charge in [0.1, 0.15) is 0 Å². The minimum absolute atomic E-state index is 0.484. The molecule has 0 aliphatic carbocycles. The zero-order valence-corrected chi connectivity index (χ0v) is 12.6. The summed E-state index contributed by atoms with van der Waals surface area (Å²) in [5.74, 6) is 1.01. The highest BCUT2D eigenvalue weighted by atomic mass is 16.5. The molecular formula is C16H26N2O. The van der Waals surface area contributed by atoms with Crippen LogP contribution in [0.5, 0.6) is 0 Å². The summed E-state index contributed by atoms with van der Waals surface area (Å²) in [4.78, 5) is 7.08. The third-order valence-electron chi connectivity index (χ3n) is 3.69. The lowest BCUT2D eigenvalue weighted by Crippen LogP contribution is -2.21. The Hall–Kier alpha value is -0.930. The van der Waals surface area contributed by atoms with E-state index in [1.54, 1.807) is 0 Å². The standard InChI is InChI=1S/C16H26N2O/c1-12(2)15-8-7-14(13-6-5-9-19-11-13)16(17-15)10-18(3)4/h7-8,12-13H,5-6,9-11H2,1-4H3/t13-/m0/s1. The van der Waals surface area contributed by atoms with Crippen LogP contribution in [0.2, 0.25) is 0 Å². The number of hydrogen-bond acceptors (Lipinski definition) is 3. The first kappa shape index (κ1) is 14.5. The van der Waals surface area contributed by atoms with Crippen LogP contribution in [-0.4, -0.2) is 37.2 Å². The maximum absolute atomic E-state index is 5.63. The van der Waals surface area contributed by atoms with Crippen LogP contribution >= 0.6 is 0 Å². The van der Waals surface area contributed by atoms with E-state index in [0.717, 1.165) is 26.2 Å². The molecule has 0 spiro atoms. The number of ether oxygens (including phenoxy) is 1. The first-order valence-corrected chi connectivity index (χ1v) is 7.30. The average Bonchev–Trinajstić information content (AvgIpc) is 2.39. The summed E-state index contributed by atoms with van der Waals surface area (Å²) in [7, 11) is 4.20. The van der Waals surface area contributed by atoms with Crippen molar-refractivity contribution in [2.24, 2.45) is 0 Å². The SMILES string of the molecule is CC(C)c1ccc([C@H]2CCCOC2)c(CN(C)C)n1. The van der Waals surface area contributed by atoms with Crippen LogP contribution in [0, 0.1) is 0 Å². The smallest absolute Gasteiger partial charge is 0.0582 e. The molecule has 1 aromatic rings. The van der Waals surface area contributed by atoms with Crippen molar-refractivity contribution in [1.82, 2.24) is 9.88 Å². The third-order valence-corrected chi connectivity index (χ3v) is 3.69. The molecule has 0 radical (unpaired) electrons. The van der Waals surface area contributed by atoms with E-state index < -0.39 is 0 Å². The molecule has 0 unspecified atom stereocenters. The lowest BCUT2D eigenvalue weighted by atomic mass is 9.91. The molecular weight excluding hydrogens is 236 g/mol. The lowest BCUT2D eigenvalue weighted by molar-refractivity contribution is 0.0799. The Morgan fingerprint density at radius 3 is 2.74 bits per heavy atom. The summed E-state index contributed by atoms with van der Waals surface area (Å²) in [5, 5.41) is 0. The van der Waals surface area contributed by atoms with Crippen molar-refractivity contribution in [3.05, 3.63) is 29.1 Å². The van der Waals surface area contributed by atoms with Crippen molar-refractivity contribution in [2.45, 2.75) is 45.1 Å². The largest absolute Gasteiger partial charge is 0.381 e.